The van der Waals surface area contributed by atoms with E-state index < -0.39 is 0 Å². The molecule has 0 aliphatic rings. The van der Waals surface area contributed by atoms with Crippen LogP contribution in [0.5, 0.6) is 0 Å². The number of nitrogens with zero attached hydrogens (tertiary/aromatic N) is 1. The fourth-order valence-electron chi connectivity index (χ4n) is 2.24. The van der Waals surface area contributed by atoms with Crippen molar-refractivity contribution >= 4 is 22.5 Å². The van der Waals surface area contributed by atoms with Crippen molar-refractivity contribution in [2.45, 2.75) is 6.54 Å². The average molecular weight is 281 g/mol. The van der Waals surface area contributed by atoms with Crippen LogP contribution < -0.4 is 10.6 Å². The molecule has 0 aliphatic heterocycles. The van der Waals surface area contributed by atoms with Crippen molar-refractivity contribution in [2.24, 2.45) is 0 Å². The summed E-state index contributed by atoms with van der Waals surface area (Å²) in [6, 6.07) is 9.53. The summed E-state index contributed by atoms with van der Waals surface area (Å²) in [5.41, 5.74) is 1.49. The van der Waals surface area contributed by atoms with Gasteiger partial charge in [-0.3, -0.25) is 4.79 Å². The van der Waals surface area contributed by atoms with E-state index in [0.29, 0.717) is 12.1 Å². The first-order valence-corrected chi connectivity index (χ1v) is 6.64. The Balaban J connectivity index is 1.91. The Morgan fingerprint density at radius 1 is 1.24 bits per heavy atom. The van der Waals surface area contributed by atoms with Gasteiger partial charge in [0.25, 0.3) is 5.91 Å². The maximum atomic E-state index is 12.4. The molecule has 0 unspecified atom stereocenters. The van der Waals surface area contributed by atoms with E-state index in [0.717, 1.165) is 22.2 Å². The second kappa shape index (κ2) is 5.66. The Morgan fingerprint density at radius 3 is 2.76 bits per heavy atom. The Hall–Kier alpha value is -2.82. The SMILES string of the molecule is CNc1ncc(C(=O)NCc2ccoc2)c2ccccc12. The van der Waals surface area contributed by atoms with E-state index in [1.54, 1.807) is 18.7 Å². The fraction of sp³-hybridized carbons (Fsp3) is 0.125. The predicted octanol–water partition coefficient (Wildman–Crippen LogP) is 2.80. The van der Waals surface area contributed by atoms with Crippen molar-refractivity contribution in [3.05, 3.63) is 60.2 Å². The van der Waals surface area contributed by atoms with Crippen LogP contribution in [-0.4, -0.2) is 17.9 Å². The molecule has 3 aromatic rings. The van der Waals surface area contributed by atoms with Crippen molar-refractivity contribution in [1.29, 1.82) is 0 Å². The van der Waals surface area contributed by atoms with E-state index in [1.807, 2.05) is 37.4 Å². The van der Waals surface area contributed by atoms with Gasteiger partial charge in [0.1, 0.15) is 5.82 Å². The lowest BCUT2D eigenvalue weighted by molar-refractivity contribution is 0.0952. The molecule has 2 aromatic heterocycles. The highest BCUT2D eigenvalue weighted by Gasteiger charge is 2.12. The second-order valence-electron chi connectivity index (χ2n) is 4.63. The molecular weight excluding hydrogens is 266 g/mol. The van der Waals surface area contributed by atoms with Gasteiger partial charge in [-0.25, -0.2) is 4.98 Å². The van der Waals surface area contributed by atoms with Crippen LogP contribution in [0, 0.1) is 0 Å². The number of hydrogen-bond donors (Lipinski definition) is 2. The first-order chi connectivity index (χ1) is 10.3. The molecule has 5 heteroatoms. The van der Waals surface area contributed by atoms with Crippen molar-refractivity contribution in [3.8, 4) is 0 Å². The van der Waals surface area contributed by atoms with Gasteiger partial charge in [0.15, 0.2) is 0 Å². The summed E-state index contributed by atoms with van der Waals surface area (Å²) in [4.78, 5) is 16.7. The average Bonchev–Trinajstić information content (AvgIpc) is 3.05. The number of furan rings is 1. The molecule has 106 valence electrons. The molecule has 0 fully saturated rings. The first kappa shape index (κ1) is 13.2. The molecule has 0 aliphatic carbocycles. The monoisotopic (exact) mass is 281 g/mol. The summed E-state index contributed by atoms with van der Waals surface area (Å²) >= 11 is 0. The Kier molecular flexibility index (Phi) is 3.55. The van der Waals surface area contributed by atoms with Crippen LogP contribution in [0.1, 0.15) is 15.9 Å². The molecular formula is C16H15N3O2. The van der Waals surface area contributed by atoms with Crippen LogP contribution in [0.3, 0.4) is 0 Å². The smallest absolute Gasteiger partial charge is 0.253 e. The lowest BCUT2D eigenvalue weighted by Crippen LogP contribution is -2.23. The zero-order valence-electron chi connectivity index (χ0n) is 11.6. The Labute approximate surface area is 122 Å². The lowest BCUT2D eigenvalue weighted by Gasteiger charge is -2.10. The predicted molar refractivity (Wildman–Crippen MR) is 81.2 cm³/mol. The molecule has 0 spiro atoms. The second-order valence-corrected chi connectivity index (χ2v) is 4.63. The van der Waals surface area contributed by atoms with E-state index in [2.05, 4.69) is 15.6 Å². The summed E-state index contributed by atoms with van der Waals surface area (Å²) in [5.74, 6) is 0.611. The highest BCUT2D eigenvalue weighted by Crippen LogP contribution is 2.24. The van der Waals surface area contributed by atoms with Gasteiger partial charge in [0, 0.05) is 30.7 Å². The minimum absolute atomic E-state index is 0.150. The summed E-state index contributed by atoms with van der Waals surface area (Å²) in [6.45, 7) is 0.428. The molecule has 0 bridgehead atoms. The van der Waals surface area contributed by atoms with E-state index >= 15 is 0 Å². The molecule has 0 saturated carbocycles. The molecule has 3 rings (SSSR count). The number of carbonyl (C=O) groups excluding carboxylic acids is 1. The quantitative estimate of drug-likeness (QED) is 0.771. The third kappa shape index (κ3) is 2.58. The van der Waals surface area contributed by atoms with Crippen LogP contribution >= 0.6 is 0 Å². The van der Waals surface area contributed by atoms with E-state index in [4.69, 9.17) is 4.42 Å². The lowest BCUT2D eigenvalue weighted by atomic mass is 10.1. The van der Waals surface area contributed by atoms with Gasteiger partial charge >= 0.3 is 0 Å². The maximum absolute atomic E-state index is 12.4. The van der Waals surface area contributed by atoms with E-state index in [-0.39, 0.29) is 5.91 Å². The standard InChI is InChI=1S/C16H15N3O2/c1-17-15-13-5-3-2-4-12(13)14(9-18-15)16(20)19-8-11-6-7-21-10-11/h2-7,9-10H,8H2,1H3,(H,17,18)(H,19,20). The number of carbonyl (C=O) groups is 1. The number of rotatable bonds is 4. The van der Waals surface area contributed by atoms with Crippen molar-refractivity contribution in [2.75, 3.05) is 12.4 Å². The first-order valence-electron chi connectivity index (χ1n) is 6.64. The number of nitrogens with one attached hydrogen (secondary N) is 2. The molecule has 21 heavy (non-hydrogen) atoms. The molecule has 1 amide bonds. The Morgan fingerprint density at radius 2 is 2.05 bits per heavy atom. The Bertz CT molecular complexity index is 766. The molecule has 0 radical (unpaired) electrons. The minimum atomic E-state index is -0.150. The largest absolute Gasteiger partial charge is 0.472 e. The van der Waals surface area contributed by atoms with Gasteiger partial charge in [-0.05, 0) is 11.5 Å². The van der Waals surface area contributed by atoms with Crippen LogP contribution in [0.4, 0.5) is 5.82 Å². The van der Waals surface area contributed by atoms with E-state index in [9.17, 15) is 4.79 Å². The number of benzene rings is 1. The normalized spacial score (nSPS) is 10.5. The van der Waals surface area contributed by atoms with Crippen molar-refractivity contribution < 1.29 is 9.21 Å². The summed E-state index contributed by atoms with van der Waals surface area (Å²) in [6.07, 6.45) is 4.79. The zero-order valence-corrected chi connectivity index (χ0v) is 11.6. The van der Waals surface area contributed by atoms with Crippen molar-refractivity contribution in [3.63, 3.8) is 0 Å². The van der Waals surface area contributed by atoms with Gasteiger partial charge in [-0.15, -0.1) is 0 Å². The minimum Gasteiger partial charge on any atom is -0.472 e. The molecule has 2 heterocycles. The third-order valence-corrected chi connectivity index (χ3v) is 3.31. The number of pyridine rings is 1. The molecule has 5 nitrogen and oxygen atoms in total. The topological polar surface area (TPSA) is 67.2 Å². The number of hydrogen-bond acceptors (Lipinski definition) is 4. The van der Waals surface area contributed by atoms with Crippen LogP contribution in [-0.2, 0) is 6.54 Å². The highest BCUT2D eigenvalue weighted by atomic mass is 16.3. The van der Waals surface area contributed by atoms with Gasteiger partial charge in [-0.1, -0.05) is 24.3 Å². The summed E-state index contributed by atoms with van der Waals surface area (Å²) in [7, 11) is 1.81. The van der Waals surface area contributed by atoms with Crippen molar-refractivity contribution in [1.82, 2.24) is 10.3 Å². The molecule has 0 atom stereocenters. The van der Waals surface area contributed by atoms with Gasteiger partial charge in [0.2, 0.25) is 0 Å². The van der Waals surface area contributed by atoms with Gasteiger partial charge in [-0.2, -0.15) is 0 Å². The van der Waals surface area contributed by atoms with Gasteiger partial charge in [0.05, 0.1) is 18.1 Å². The van der Waals surface area contributed by atoms with Crippen LogP contribution in [0.15, 0.2) is 53.5 Å². The number of anilines is 1. The van der Waals surface area contributed by atoms with Gasteiger partial charge < -0.3 is 15.1 Å². The summed E-state index contributed by atoms with van der Waals surface area (Å²) in [5, 5.41) is 7.71. The number of fused-ring (bicyclic) bond motifs is 1. The number of amides is 1. The molecule has 1 aromatic carbocycles. The van der Waals surface area contributed by atoms with E-state index in [1.165, 1.54) is 0 Å². The fourth-order valence-corrected chi connectivity index (χ4v) is 2.24. The van der Waals surface area contributed by atoms with Crippen LogP contribution in [0.2, 0.25) is 0 Å². The molecule has 0 saturated heterocycles. The maximum Gasteiger partial charge on any atom is 0.253 e. The van der Waals surface area contributed by atoms with Crippen LogP contribution in [0.25, 0.3) is 10.8 Å². The molecule has 2 N–H and O–H groups in total. The summed E-state index contributed by atoms with van der Waals surface area (Å²) < 4.78 is 4.98. The highest BCUT2D eigenvalue weighted by molar-refractivity contribution is 6.09. The third-order valence-electron chi connectivity index (χ3n) is 3.31. The number of aromatic nitrogens is 1. The zero-order chi connectivity index (χ0) is 14.7.